The van der Waals surface area contributed by atoms with Crippen LogP contribution < -0.4 is 10.6 Å². The molecule has 2 aromatic carbocycles. The van der Waals surface area contributed by atoms with Gasteiger partial charge in [-0.3, -0.25) is 5.32 Å². The van der Waals surface area contributed by atoms with Gasteiger partial charge >= 0.3 is 0 Å². The average molecular weight is 270 g/mol. The third-order valence-corrected chi connectivity index (χ3v) is 3.39. The first-order valence-electron chi connectivity index (χ1n) is 7.48. The van der Waals surface area contributed by atoms with Gasteiger partial charge in [-0.05, 0) is 25.0 Å². The molecule has 0 spiro atoms. The van der Waals surface area contributed by atoms with Gasteiger partial charge < -0.3 is 5.32 Å². The lowest BCUT2D eigenvalue weighted by Gasteiger charge is -2.12. The highest BCUT2D eigenvalue weighted by Crippen LogP contribution is 2.09. The highest BCUT2D eigenvalue weighted by atomic mass is 14.9. The van der Waals surface area contributed by atoms with Crippen molar-refractivity contribution in [2.45, 2.75) is 33.2 Å². The van der Waals surface area contributed by atoms with Crippen LogP contribution in [0.25, 0.3) is 0 Å². The molecular formula is C18H26N2+2. The molecule has 0 aromatic heterocycles. The molecule has 0 aliphatic rings. The van der Waals surface area contributed by atoms with E-state index < -0.39 is 0 Å². The van der Waals surface area contributed by atoms with Crippen molar-refractivity contribution in [2.24, 2.45) is 5.92 Å². The van der Waals surface area contributed by atoms with Crippen molar-refractivity contribution in [3.8, 4) is 0 Å². The molecule has 4 N–H and O–H groups in total. The SMILES string of the molecule is CC(C)CC(C)[NH2+]c1ccc([NH2+]c2ccccc2)cc1. The molecular weight excluding hydrogens is 244 g/mol. The maximum Gasteiger partial charge on any atom is 0.135 e. The average Bonchev–Trinajstić information content (AvgIpc) is 2.41. The molecule has 2 rings (SSSR count). The molecule has 1 atom stereocenters. The Hall–Kier alpha value is -1.64. The Balaban J connectivity index is 1.93. The number of hydrogen-bond acceptors (Lipinski definition) is 0. The molecule has 20 heavy (non-hydrogen) atoms. The first-order valence-corrected chi connectivity index (χ1v) is 7.48. The summed E-state index contributed by atoms with van der Waals surface area (Å²) < 4.78 is 0. The molecule has 2 aromatic rings. The third-order valence-electron chi connectivity index (χ3n) is 3.39. The summed E-state index contributed by atoms with van der Waals surface area (Å²) in [5, 5.41) is 4.58. The Bertz CT molecular complexity index is 503. The summed E-state index contributed by atoms with van der Waals surface area (Å²) in [7, 11) is 0. The van der Waals surface area contributed by atoms with Crippen molar-refractivity contribution in [1.82, 2.24) is 0 Å². The Labute approximate surface area is 122 Å². The van der Waals surface area contributed by atoms with Crippen LogP contribution in [0.5, 0.6) is 0 Å². The van der Waals surface area contributed by atoms with Gasteiger partial charge in [0.1, 0.15) is 17.1 Å². The number of nitrogens with two attached hydrogens (primary N) is 2. The predicted molar refractivity (Wildman–Crippen MR) is 84.6 cm³/mol. The molecule has 0 aliphatic carbocycles. The second-order valence-corrected chi connectivity index (χ2v) is 6.00. The summed E-state index contributed by atoms with van der Waals surface area (Å²) in [6, 6.07) is 19.9. The van der Waals surface area contributed by atoms with Crippen LogP contribution >= 0.6 is 0 Å². The van der Waals surface area contributed by atoms with Crippen LogP contribution in [0.4, 0.5) is 17.1 Å². The number of benzene rings is 2. The smallest absolute Gasteiger partial charge is 0.135 e. The van der Waals surface area contributed by atoms with E-state index in [9.17, 15) is 0 Å². The van der Waals surface area contributed by atoms with Crippen molar-refractivity contribution in [3.05, 3.63) is 54.6 Å². The Morgan fingerprint density at radius 3 is 1.90 bits per heavy atom. The molecule has 0 aliphatic heterocycles. The molecule has 2 nitrogen and oxygen atoms in total. The molecule has 0 saturated heterocycles. The first kappa shape index (κ1) is 14.8. The maximum atomic E-state index is 2.37. The second kappa shape index (κ2) is 7.22. The molecule has 0 radical (unpaired) electrons. The fraction of sp³-hybridized carbons (Fsp3) is 0.333. The summed E-state index contributed by atoms with van der Waals surface area (Å²) in [5.41, 5.74) is 3.82. The fourth-order valence-electron chi connectivity index (χ4n) is 2.59. The molecule has 1 unspecified atom stereocenters. The maximum absolute atomic E-state index is 2.37. The zero-order chi connectivity index (χ0) is 14.4. The quantitative estimate of drug-likeness (QED) is 0.757. The van der Waals surface area contributed by atoms with Gasteiger partial charge in [0.05, 0.1) is 6.04 Å². The van der Waals surface area contributed by atoms with Crippen LogP contribution in [0, 0.1) is 5.92 Å². The summed E-state index contributed by atoms with van der Waals surface area (Å²) in [4.78, 5) is 0. The van der Waals surface area contributed by atoms with Gasteiger partial charge in [-0.15, -0.1) is 0 Å². The predicted octanol–water partition coefficient (Wildman–Crippen LogP) is 2.84. The van der Waals surface area contributed by atoms with E-state index in [1.807, 2.05) is 6.07 Å². The monoisotopic (exact) mass is 270 g/mol. The highest BCUT2D eigenvalue weighted by Gasteiger charge is 2.09. The van der Waals surface area contributed by atoms with Gasteiger partial charge in [0.15, 0.2) is 0 Å². The minimum absolute atomic E-state index is 0.638. The van der Waals surface area contributed by atoms with E-state index in [4.69, 9.17) is 0 Å². The van der Waals surface area contributed by atoms with E-state index in [1.165, 1.54) is 23.5 Å². The van der Waals surface area contributed by atoms with Gasteiger partial charge in [0.25, 0.3) is 0 Å². The van der Waals surface area contributed by atoms with Crippen LogP contribution in [0.3, 0.4) is 0 Å². The fourth-order valence-corrected chi connectivity index (χ4v) is 2.59. The summed E-state index contributed by atoms with van der Waals surface area (Å²) in [6.45, 7) is 6.86. The van der Waals surface area contributed by atoms with Gasteiger partial charge in [-0.2, -0.15) is 0 Å². The van der Waals surface area contributed by atoms with Crippen LogP contribution in [0.2, 0.25) is 0 Å². The van der Waals surface area contributed by atoms with E-state index in [1.54, 1.807) is 0 Å². The number of hydrogen-bond donors (Lipinski definition) is 2. The number of rotatable bonds is 6. The minimum atomic E-state index is 0.638. The zero-order valence-corrected chi connectivity index (χ0v) is 12.7. The molecule has 106 valence electrons. The summed E-state index contributed by atoms with van der Waals surface area (Å²) >= 11 is 0. The van der Waals surface area contributed by atoms with Crippen LogP contribution in [-0.4, -0.2) is 6.04 Å². The Kier molecular flexibility index (Phi) is 5.33. The van der Waals surface area contributed by atoms with Crippen LogP contribution in [-0.2, 0) is 0 Å². The van der Waals surface area contributed by atoms with Crippen molar-refractivity contribution in [2.75, 3.05) is 0 Å². The largest absolute Gasteiger partial charge is 0.312 e. The van der Waals surface area contributed by atoms with Gasteiger partial charge in [-0.25, -0.2) is 0 Å². The summed E-state index contributed by atoms with van der Waals surface area (Å²) in [5.74, 6) is 0.756. The molecule has 0 fully saturated rings. The van der Waals surface area contributed by atoms with E-state index in [2.05, 4.69) is 79.9 Å². The molecule has 0 amide bonds. The number of para-hydroxylation sites is 1. The van der Waals surface area contributed by atoms with Crippen LogP contribution in [0.15, 0.2) is 54.6 Å². The van der Waals surface area contributed by atoms with Gasteiger partial charge in [-0.1, -0.05) is 32.0 Å². The Morgan fingerprint density at radius 2 is 1.30 bits per heavy atom. The van der Waals surface area contributed by atoms with E-state index in [0.29, 0.717) is 6.04 Å². The normalized spacial score (nSPS) is 12.6. The van der Waals surface area contributed by atoms with Crippen molar-refractivity contribution in [3.63, 3.8) is 0 Å². The molecule has 0 heterocycles. The first-order chi connectivity index (χ1) is 9.63. The topological polar surface area (TPSA) is 33.2 Å². The third kappa shape index (κ3) is 4.80. The zero-order valence-electron chi connectivity index (χ0n) is 12.7. The second-order valence-electron chi connectivity index (χ2n) is 6.00. The Morgan fingerprint density at radius 1 is 0.750 bits per heavy atom. The molecule has 0 bridgehead atoms. The van der Waals surface area contributed by atoms with Crippen molar-refractivity contribution in [1.29, 1.82) is 0 Å². The summed E-state index contributed by atoms with van der Waals surface area (Å²) in [6.07, 6.45) is 1.25. The minimum Gasteiger partial charge on any atom is -0.312 e. The lowest BCUT2D eigenvalue weighted by atomic mass is 10.1. The van der Waals surface area contributed by atoms with E-state index in [-0.39, 0.29) is 0 Å². The van der Waals surface area contributed by atoms with E-state index in [0.717, 1.165) is 5.92 Å². The number of quaternary nitrogens is 2. The van der Waals surface area contributed by atoms with Gasteiger partial charge in [0, 0.05) is 30.7 Å². The lowest BCUT2D eigenvalue weighted by Crippen LogP contribution is -2.83. The van der Waals surface area contributed by atoms with Gasteiger partial charge in [0.2, 0.25) is 0 Å². The standard InChI is InChI=1S/C18H24N2/c1-14(2)13-15(3)19-17-9-11-18(12-10-17)20-16-7-5-4-6-8-16/h4-12,14-15,19-20H,13H2,1-3H3/p+2. The van der Waals surface area contributed by atoms with E-state index >= 15 is 0 Å². The van der Waals surface area contributed by atoms with Crippen LogP contribution in [0.1, 0.15) is 27.2 Å². The highest BCUT2D eigenvalue weighted by molar-refractivity contribution is 5.41. The van der Waals surface area contributed by atoms with Crippen molar-refractivity contribution >= 4 is 17.1 Å². The molecule has 0 saturated carbocycles. The molecule has 2 heteroatoms. The van der Waals surface area contributed by atoms with Crippen molar-refractivity contribution < 1.29 is 10.6 Å². The lowest BCUT2D eigenvalue weighted by molar-refractivity contribution is -0.609.